The van der Waals surface area contributed by atoms with Crippen LogP contribution in [0.15, 0.2) is 10.3 Å². The van der Waals surface area contributed by atoms with Crippen molar-refractivity contribution in [1.29, 1.82) is 0 Å². The molecule has 0 atom stereocenters. The third-order valence-corrected chi connectivity index (χ3v) is 2.65. The van der Waals surface area contributed by atoms with E-state index in [1.807, 2.05) is 13.8 Å². The van der Waals surface area contributed by atoms with Gasteiger partial charge >= 0.3 is 6.01 Å². The maximum atomic E-state index is 5.36. The lowest BCUT2D eigenvalue weighted by Gasteiger charge is -2.05. The zero-order valence-electron chi connectivity index (χ0n) is 10.5. The molecule has 0 aromatic carbocycles. The van der Waals surface area contributed by atoms with E-state index in [1.165, 1.54) is 11.8 Å². The van der Waals surface area contributed by atoms with E-state index in [4.69, 9.17) is 10.6 Å². The number of nitrogens with two attached hydrogens (primary N) is 1. The van der Waals surface area contributed by atoms with Crippen LogP contribution in [0, 0.1) is 6.92 Å². The molecule has 0 amide bonds. The summed E-state index contributed by atoms with van der Waals surface area (Å²) < 4.78 is 5.36. The highest BCUT2D eigenvalue weighted by Crippen LogP contribution is 2.22. The van der Waals surface area contributed by atoms with Gasteiger partial charge in [0.05, 0.1) is 6.61 Å². The van der Waals surface area contributed by atoms with Crippen molar-refractivity contribution >= 4 is 17.7 Å². The predicted molar refractivity (Wildman–Crippen MR) is 68.7 cm³/mol. The number of hydrogen-bond acceptors (Lipinski definition) is 9. The van der Waals surface area contributed by atoms with Gasteiger partial charge in [-0.15, -0.1) is 5.10 Å². The number of aromatic amines is 1. The minimum absolute atomic E-state index is 0.222. The van der Waals surface area contributed by atoms with Gasteiger partial charge in [-0.2, -0.15) is 15.0 Å². The molecule has 0 aliphatic rings. The Balaban J connectivity index is 2.18. The fourth-order valence-corrected chi connectivity index (χ4v) is 1.85. The molecule has 102 valence electrons. The smallest absolute Gasteiger partial charge is 0.322 e. The molecule has 4 N–H and O–H groups in total. The van der Waals surface area contributed by atoms with Crippen LogP contribution in [-0.4, -0.2) is 36.7 Å². The normalized spacial score (nSPS) is 10.5. The molecule has 2 aromatic heterocycles. The summed E-state index contributed by atoms with van der Waals surface area (Å²) in [7, 11) is 0. The lowest BCUT2D eigenvalue weighted by molar-refractivity contribution is 0.288. The summed E-state index contributed by atoms with van der Waals surface area (Å²) in [5.74, 6) is 6.26. The van der Waals surface area contributed by atoms with Crippen molar-refractivity contribution in [2.45, 2.75) is 30.6 Å². The molecule has 10 heteroatoms. The number of aryl methyl sites for hydroxylation is 1. The first-order chi connectivity index (χ1) is 9.21. The Morgan fingerprint density at radius 1 is 1.26 bits per heavy atom. The highest BCUT2D eigenvalue weighted by atomic mass is 32.2. The number of hydrazine groups is 1. The van der Waals surface area contributed by atoms with E-state index < -0.39 is 0 Å². The number of nitrogens with one attached hydrogen (secondary N) is 2. The Morgan fingerprint density at radius 2 is 2.11 bits per heavy atom. The maximum absolute atomic E-state index is 5.36. The van der Waals surface area contributed by atoms with Gasteiger partial charge in [-0.1, -0.05) is 6.92 Å². The molecular formula is C9H14N8OS. The van der Waals surface area contributed by atoms with Gasteiger partial charge in [0, 0.05) is 0 Å². The Kier molecular flexibility index (Phi) is 4.47. The SMILES string of the molecule is CCCOc1nc(NN)nc(Sc2n[nH]c(C)n2)n1. The number of nitrogen functional groups attached to an aromatic ring is 1. The van der Waals surface area contributed by atoms with Crippen LogP contribution in [-0.2, 0) is 0 Å². The van der Waals surface area contributed by atoms with E-state index in [1.54, 1.807) is 0 Å². The molecule has 0 saturated heterocycles. The topological polar surface area (TPSA) is 128 Å². The quantitative estimate of drug-likeness (QED) is 0.513. The summed E-state index contributed by atoms with van der Waals surface area (Å²) in [6.07, 6.45) is 0.861. The molecule has 0 bridgehead atoms. The number of nitrogens with zero attached hydrogens (tertiary/aromatic N) is 5. The van der Waals surface area contributed by atoms with E-state index in [-0.39, 0.29) is 12.0 Å². The van der Waals surface area contributed by atoms with E-state index in [9.17, 15) is 0 Å². The average molecular weight is 282 g/mol. The molecule has 2 rings (SSSR count). The van der Waals surface area contributed by atoms with Crippen molar-refractivity contribution in [3.05, 3.63) is 5.82 Å². The largest absolute Gasteiger partial charge is 0.463 e. The van der Waals surface area contributed by atoms with Crippen LogP contribution in [0.25, 0.3) is 0 Å². The Labute approximate surface area is 113 Å². The van der Waals surface area contributed by atoms with Crippen LogP contribution in [0.3, 0.4) is 0 Å². The van der Waals surface area contributed by atoms with Gasteiger partial charge in [-0.3, -0.25) is 10.5 Å². The lowest BCUT2D eigenvalue weighted by atomic mass is 10.5. The van der Waals surface area contributed by atoms with Gasteiger partial charge in [0.2, 0.25) is 16.3 Å². The number of anilines is 1. The van der Waals surface area contributed by atoms with E-state index >= 15 is 0 Å². The molecule has 0 aliphatic heterocycles. The van der Waals surface area contributed by atoms with Crippen LogP contribution in [0.5, 0.6) is 6.01 Å². The number of hydrogen-bond donors (Lipinski definition) is 3. The summed E-state index contributed by atoms with van der Waals surface area (Å²) in [6.45, 7) is 4.33. The minimum Gasteiger partial charge on any atom is -0.463 e. The van der Waals surface area contributed by atoms with Gasteiger partial charge in [0.25, 0.3) is 0 Å². The molecule has 0 spiro atoms. The maximum Gasteiger partial charge on any atom is 0.322 e. The molecule has 9 nitrogen and oxygen atoms in total. The molecule has 19 heavy (non-hydrogen) atoms. The van der Waals surface area contributed by atoms with Crippen LogP contribution < -0.4 is 16.0 Å². The van der Waals surface area contributed by atoms with Crippen molar-refractivity contribution in [2.24, 2.45) is 5.84 Å². The summed E-state index contributed by atoms with van der Waals surface area (Å²) in [6, 6.07) is 0.222. The third-order valence-electron chi connectivity index (χ3n) is 1.92. The lowest BCUT2D eigenvalue weighted by Crippen LogP contribution is -2.13. The predicted octanol–water partition coefficient (Wildman–Crippen LogP) is 0.524. The monoisotopic (exact) mass is 282 g/mol. The fraction of sp³-hybridized carbons (Fsp3) is 0.444. The molecule has 0 aliphatic carbocycles. The average Bonchev–Trinajstić information content (AvgIpc) is 2.81. The molecule has 0 saturated carbocycles. The van der Waals surface area contributed by atoms with Crippen molar-refractivity contribution in [3.63, 3.8) is 0 Å². The highest BCUT2D eigenvalue weighted by molar-refractivity contribution is 7.99. The summed E-state index contributed by atoms with van der Waals surface area (Å²) in [5, 5.41) is 7.67. The van der Waals surface area contributed by atoms with Crippen molar-refractivity contribution in [2.75, 3.05) is 12.0 Å². The number of rotatable bonds is 6. The second-order valence-electron chi connectivity index (χ2n) is 3.52. The van der Waals surface area contributed by atoms with Crippen molar-refractivity contribution in [3.8, 4) is 6.01 Å². The second kappa shape index (κ2) is 6.29. The van der Waals surface area contributed by atoms with E-state index in [0.717, 1.165) is 12.2 Å². The molecule has 2 aromatic rings. The van der Waals surface area contributed by atoms with Crippen LogP contribution in [0.2, 0.25) is 0 Å². The zero-order valence-corrected chi connectivity index (χ0v) is 11.4. The van der Waals surface area contributed by atoms with Crippen LogP contribution in [0.4, 0.5) is 5.95 Å². The summed E-state index contributed by atoms with van der Waals surface area (Å²) in [4.78, 5) is 16.4. The molecule has 0 unspecified atom stereocenters. The van der Waals surface area contributed by atoms with E-state index in [0.29, 0.717) is 16.9 Å². The first-order valence-corrected chi connectivity index (χ1v) is 6.45. The highest BCUT2D eigenvalue weighted by Gasteiger charge is 2.10. The second-order valence-corrected chi connectivity index (χ2v) is 4.46. The van der Waals surface area contributed by atoms with Gasteiger partial charge < -0.3 is 4.74 Å². The van der Waals surface area contributed by atoms with Gasteiger partial charge in [-0.25, -0.2) is 10.8 Å². The van der Waals surface area contributed by atoms with E-state index in [2.05, 4.69) is 35.6 Å². The first-order valence-electron chi connectivity index (χ1n) is 5.63. The summed E-state index contributed by atoms with van der Waals surface area (Å²) in [5.41, 5.74) is 2.37. The number of aromatic nitrogens is 6. The van der Waals surface area contributed by atoms with Crippen LogP contribution in [0.1, 0.15) is 19.2 Å². The fourth-order valence-electron chi connectivity index (χ4n) is 1.16. The first kappa shape index (κ1) is 13.5. The van der Waals surface area contributed by atoms with Gasteiger partial charge in [0.15, 0.2) is 0 Å². The Hall–Kier alpha value is -1.94. The molecule has 2 heterocycles. The molecular weight excluding hydrogens is 268 g/mol. The number of H-pyrrole nitrogens is 1. The van der Waals surface area contributed by atoms with Gasteiger partial charge in [0.1, 0.15) is 5.82 Å². The van der Waals surface area contributed by atoms with Crippen LogP contribution >= 0.6 is 11.8 Å². The molecule has 0 radical (unpaired) electrons. The third kappa shape index (κ3) is 3.76. The standard InChI is InChI=1S/C9H14N8OS/c1-3-4-18-7-12-6(15-10)13-8(14-7)19-9-11-5(2)16-17-9/h3-4,10H2,1-2H3,(H,11,16,17)(H,12,13,14,15). The van der Waals surface area contributed by atoms with Gasteiger partial charge in [-0.05, 0) is 25.1 Å². The molecule has 0 fully saturated rings. The van der Waals surface area contributed by atoms with Crippen molar-refractivity contribution in [1.82, 2.24) is 30.1 Å². The van der Waals surface area contributed by atoms with Crippen molar-refractivity contribution < 1.29 is 4.74 Å². The minimum atomic E-state index is 0.222. The number of ether oxygens (including phenoxy) is 1. The Morgan fingerprint density at radius 3 is 2.74 bits per heavy atom. The summed E-state index contributed by atoms with van der Waals surface area (Å²) >= 11 is 1.19. The Bertz CT molecular complexity index is 545. The zero-order chi connectivity index (χ0) is 13.7.